The van der Waals surface area contributed by atoms with Gasteiger partial charge in [-0.15, -0.1) is 47.0 Å². The van der Waals surface area contributed by atoms with Crippen LogP contribution in [0.25, 0.3) is 0 Å². The Morgan fingerprint density at radius 3 is 1.36 bits per heavy atom. The number of thioether (sulfide) groups is 4. The monoisotopic (exact) mass is 420 g/mol. The van der Waals surface area contributed by atoms with Crippen LogP contribution in [0, 0.1) is 10.8 Å². The zero-order valence-corrected chi connectivity index (χ0v) is 17.9. The fourth-order valence-corrected chi connectivity index (χ4v) is 12.8. The van der Waals surface area contributed by atoms with Crippen LogP contribution in [0.2, 0.25) is 0 Å². The van der Waals surface area contributed by atoms with Crippen molar-refractivity contribution in [2.24, 2.45) is 10.8 Å². The molecule has 25 heavy (non-hydrogen) atoms. The van der Waals surface area contributed by atoms with E-state index in [9.17, 15) is 9.59 Å². The first-order chi connectivity index (χ1) is 12.0. The van der Waals surface area contributed by atoms with E-state index in [1.807, 2.05) is 47.0 Å². The number of rotatable bonds is 2. The van der Waals surface area contributed by atoms with E-state index in [1.165, 1.54) is 14.2 Å². The molecule has 0 radical (unpaired) electrons. The average molecular weight is 421 g/mol. The number of hydrogen-bond donors (Lipinski definition) is 0. The van der Waals surface area contributed by atoms with E-state index in [-0.39, 0.29) is 20.1 Å². The van der Waals surface area contributed by atoms with Gasteiger partial charge < -0.3 is 9.47 Å². The van der Waals surface area contributed by atoms with Gasteiger partial charge in [-0.05, 0) is 32.1 Å². The Hall–Kier alpha value is 0.340. The van der Waals surface area contributed by atoms with Crippen molar-refractivity contribution in [1.82, 2.24) is 0 Å². The largest absolute Gasteiger partial charge is 0.469 e. The lowest BCUT2D eigenvalue weighted by Gasteiger charge is -2.62. The van der Waals surface area contributed by atoms with Crippen molar-refractivity contribution in [2.45, 2.75) is 40.3 Å². The molecule has 2 aliphatic heterocycles. The summed E-state index contributed by atoms with van der Waals surface area (Å²) in [5.41, 5.74) is -1.15. The molecule has 2 atom stereocenters. The SMILES string of the molecule is COC(=O)[C@@]12CCC3(SCCS3)[C@](C(=O)OC)(CCC13SCCS3)C2. The molecule has 0 aromatic heterocycles. The van der Waals surface area contributed by atoms with Crippen LogP contribution in [-0.2, 0) is 19.1 Å². The lowest BCUT2D eigenvalue weighted by atomic mass is 9.53. The molecule has 0 amide bonds. The van der Waals surface area contributed by atoms with Crippen LogP contribution in [-0.4, -0.2) is 57.3 Å². The number of hydrogen-bond acceptors (Lipinski definition) is 8. The zero-order chi connectivity index (χ0) is 17.8. The second kappa shape index (κ2) is 6.45. The van der Waals surface area contributed by atoms with Crippen molar-refractivity contribution in [1.29, 1.82) is 0 Å². The minimum atomic E-state index is -0.574. The Labute approximate surface area is 166 Å². The molecule has 4 rings (SSSR count). The van der Waals surface area contributed by atoms with Crippen molar-refractivity contribution in [3.8, 4) is 0 Å². The minimum absolute atomic E-state index is 0.120. The maximum absolute atomic E-state index is 13.1. The van der Waals surface area contributed by atoms with Gasteiger partial charge in [-0.25, -0.2) is 0 Å². The predicted octanol–water partition coefficient (Wildman–Crippen LogP) is 3.64. The van der Waals surface area contributed by atoms with Gasteiger partial charge in [0.15, 0.2) is 0 Å². The standard InChI is InChI=1S/C17H24O4S4/c1-20-12(18)14-3-5-17(24-9-10-25-17)15(11-14,13(19)21-2)4-6-16(14)22-7-8-23-16/h3-11H2,1-2H3/t14-,15+. The van der Waals surface area contributed by atoms with Gasteiger partial charge in [-0.1, -0.05) is 0 Å². The number of carbonyl (C=O) groups excluding carboxylic acids is 2. The van der Waals surface area contributed by atoms with Crippen molar-refractivity contribution in [3.63, 3.8) is 0 Å². The summed E-state index contributed by atoms with van der Waals surface area (Å²) in [5, 5.41) is 0. The van der Waals surface area contributed by atoms with E-state index < -0.39 is 10.8 Å². The summed E-state index contributed by atoms with van der Waals surface area (Å²) >= 11 is 7.69. The van der Waals surface area contributed by atoms with E-state index in [2.05, 4.69) is 0 Å². The first kappa shape index (κ1) is 18.7. The maximum atomic E-state index is 13.1. The number of fused-ring (bicyclic) bond motifs is 4. The molecule has 2 heterocycles. The number of ether oxygens (including phenoxy) is 2. The summed E-state index contributed by atoms with van der Waals surface area (Å²) in [6.07, 6.45) is 3.99. The summed E-state index contributed by atoms with van der Waals surface area (Å²) in [6.45, 7) is 0. The molecule has 0 aromatic carbocycles. The Balaban J connectivity index is 1.83. The van der Waals surface area contributed by atoms with Crippen LogP contribution in [0.15, 0.2) is 0 Å². The molecule has 2 bridgehead atoms. The predicted molar refractivity (Wildman–Crippen MR) is 107 cm³/mol. The third kappa shape index (κ3) is 2.32. The molecule has 4 aliphatic rings. The number of methoxy groups -OCH3 is 2. The van der Waals surface area contributed by atoms with Crippen LogP contribution >= 0.6 is 47.0 Å². The molecular formula is C17H24O4S4. The van der Waals surface area contributed by atoms with Gasteiger partial charge in [0, 0.05) is 23.0 Å². The van der Waals surface area contributed by atoms with E-state index in [0.29, 0.717) is 6.42 Å². The molecule has 2 saturated heterocycles. The van der Waals surface area contributed by atoms with Gasteiger partial charge in [0.1, 0.15) is 0 Å². The summed E-state index contributed by atoms with van der Waals surface area (Å²) < 4.78 is 10.4. The maximum Gasteiger partial charge on any atom is 0.314 e. The fraction of sp³-hybridized carbons (Fsp3) is 0.882. The topological polar surface area (TPSA) is 52.6 Å². The van der Waals surface area contributed by atoms with Gasteiger partial charge in [-0.2, -0.15) is 0 Å². The summed E-state index contributed by atoms with van der Waals surface area (Å²) in [5.74, 6) is 4.05. The highest BCUT2D eigenvalue weighted by atomic mass is 32.2. The molecule has 4 nitrogen and oxygen atoms in total. The average Bonchev–Trinajstić information content (AvgIpc) is 3.31. The molecule has 140 valence electrons. The Morgan fingerprint density at radius 2 is 1.04 bits per heavy atom. The first-order valence-corrected chi connectivity index (χ1v) is 12.7. The highest BCUT2D eigenvalue weighted by Crippen LogP contribution is 2.76. The number of esters is 2. The Bertz CT molecular complexity index is 535. The van der Waals surface area contributed by atoms with Gasteiger partial charge in [-0.3, -0.25) is 9.59 Å². The summed E-state index contributed by atoms with van der Waals surface area (Å²) in [7, 11) is 2.99. The fourth-order valence-electron chi connectivity index (χ4n) is 5.38. The zero-order valence-electron chi connectivity index (χ0n) is 14.6. The van der Waals surface area contributed by atoms with E-state index in [0.717, 1.165) is 48.7 Å². The van der Waals surface area contributed by atoms with Crippen molar-refractivity contribution >= 4 is 59.0 Å². The van der Waals surface area contributed by atoms with E-state index in [4.69, 9.17) is 9.47 Å². The van der Waals surface area contributed by atoms with E-state index >= 15 is 0 Å². The van der Waals surface area contributed by atoms with Crippen molar-refractivity contribution in [3.05, 3.63) is 0 Å². The summed E-state index contributed by atoms with van der Waals surface area (Å²) in [4.78, 5) is 26.2. The first-order valence-electron chi connectivity index (χ1n) is 8.73. The van der Waals surface area contributed by atoms with Crippen LogP contribution in [0.1, 0.15) is 32.1 Å². The van der Waals surface area contributed by atoms with Crippen molar-refractivity contribution < 1.29 is 19.1 Å². The molecule has 0 N–H and O–H groups in total. The lowest BCUT2D eigenvalue weighted by molar-refractivity contribution is -0.173. The highest BCUT2D eigenvalue weighted by Gasteiger charge is 2.75. The third-order valence-corrected chi connectivity index (χ3v) is 14.3. The number of carbonyl (C=O) groups is 2. The quantitative estimate of drug-likeness (QED) is 0.628. The third-order valence-electron chi connectivity index (χ3n) is 6.48. The molecule has 0 aromatic rings. The Morgan fingerprint density at radius 1 is 0.680 bits per heavy atom. The molecule has 8 heteroatoms. The Kier molecular flexibility index (Phi) is 4.82. The molecule has 0 unspecified atom stereocenters. The molecule has 2 saturated carbocycles. The molecular weight excluding hydrogens is 396 g/mol. The van der Waals surface area contributed by atoms with Crippen LogP contribution in [0.4, 0.5) is 0 Å². The minimum Gasteiger partial charge on any atom is -0.469 e. The second-order valence-corrected chi connectivity index (χ2v) is 13.3. The lowest BCUT2D eigenvalue weighted by Crippen LogP contribution is -2.66. The molecule has 2 aliphatic carbocycles. The van der Waals surface area contributed by atoms with Crippen LogP contribution in [0.5, 0.6) is 0 Å². The molecule has 2 spiro atoms. The van der Waals surface area contributed by atoms with E-state index in [1.54, 1.807) is 0 Å². The van der Waals surface area contributed by atoms with Gasteiger partial charge in [0.2, 0.25) is 0 Å². The van der Waals surface area contributed by atoms with Crippen LogP contribution in [0.3, 0.4) is 0 Å². The van der Waals surface area contributed by atoms with Gasteiger partial charge >= 0.3 is 11.9 Å². The summed E-state index contributed by atoms with van der Waals surface area (Å²) in [6, 6.07) is 0. The smallest absolute Gasteiger partial charge is 0.314 e. The van der Waals surface area contributed by atoms with Gasteiger partial charge in [0.05, 0.1) is 33.2 Å². The highest BCUT2D eigenvalue weighted by molar-refractivity contribution is 8.22. The molecule has 4 fully saturated rings. The van der Waals surface area contributed by atoms with Crippen LogP contribution < -0.4 is 0 Å². The normalized spacial score (nSPS) is 38.0. The van der Waals surface area contributed by atoms with Crippen molar-refractivity contribution in [2.75, 3.05) is 37.2 Å². The van der Waals surface area contributed by atoms with Gasteiger partial charge in [0.25, 0.3) is 0 Å². The second-order valence-electron chi connectivity index (χ2n) is 7.22.